The van der Waals surface area contributed by atoms with Crippen LogP contribution >= 0.6 is 0 Å². The van der Waals surface area contributed by atoms with Crippen LogP contribution in [0.2, 0.25) is 0 Å². The maximum atomic E-state index is 10.9. The summed E-state index contributed by atoms with van der Waals surface area (Å²) in [5.74, 6) is -1.32. The molecule has 0 bridgehead atoms. The summed E-state index contributed by atoms with van der Waals surface area (Å²) in [4.78, 5) is 27.0. The Morgan fingerprint density at radius 3 is 2.72 bits per heavy atom. The number of carbonyl (C=O) groups is 2. The molecule has 7 nitrogen and oxygen atoms in total. The first-order chi connectivity index (χ1) is 8.58. The van der Waals surface area contributed by atoms with E-state index in [4.69, 9.17) is 10.8 Å². The normalized spacial score (nSPS) is 10.7. The van der Waals surface area contributed by atoms with Gasteiger partial charge in [0.15, 0.2) is 0 Å². The molecule has 1 aromatic heterocycles. The highest BCUT2D eigenvalue weighted by molar-refractivity contribution is 5.76. The molecule has 1 heterocycles. The fourth-order valence-electron chi connectivity index (χ4n) is 1.64. The van der Waals surface area contributed by atoms with Crippen LogP contribution in [0.1, 0.15) is 12.8 Å². The van der Waals surface area contributed by atoms with Gasteiger partial charge in [-0.3, -0.25) is 14.5 Å². The zero-order valence-corrected chi connectivity index (χ0v) is 10.2. The molecule has 0 saturated heterocycles. The molecule has 0 fully saturated rings. The van der Waals surface area contributed by atoms with Crippen LogP contribution in [0.3, 0.4) is 0 Å². The van der Waals surface area contributed by atoms with Gasteiger partial charge >= 0.3 is 5.97 Å². The molecule has 18 heavy (non-hydrogen) atoms. The summed E-state index contributed by atoms with van der Waals surface area (Å²) < 4.78 is 1.93. The van der Waals surface area contributed by atoms with E-state index in [0.717, 1.165) is 13.0 Å². The van der Waals surface area contributed by atoms with E-state index in [9.17, 15) is 9.59 Å². The summed E-state index contributed by atoms with van der Waals surface area (Å²) in [7, 11) is 0. The predicted octanol–water partition coefficient (Wildman–Crippen LogP) is -0.465. The van der Waals surface area contributed by atoms with Crippen molar-refractivity contribution in [2.45, 2.75) is 19.4 Å². The molecular formula is C11H18N4O3. The Labute approximate surface area is 105 Å². The van der Waals surface area contributed by atoms with Crippen LogP contribution < -0.4 is 5.73 Å². The van der Waals surface area contributed by atoms with Gasteiger partial charge in [0.25, 0.3) is 0 Å². The van der Waals surface area contributed by atoms with E-state index < -0.39 is 11.9 Å². The lowest BCUT2D eigenvalue weighted by Crippen LogP contribution is -2.36. The van der Waals surface area contributed by atoms with Crippen molar-refractivity contribution in [1.82, 2.24) is 14.5 Å². The van der Waals surface area contributed by atoms with E-state index >= 15 is 0 Å². The molecule has 0 aliphatic heterocycles. The number of hydrogen-bond acceptors (Lipinski definition) is 4. The van der Waals surface area contributed by atoms with Crippen molar-refractivity contribution in [3.63, 3.8) is 0 Å². The summed E-state index contributed by atoms with van der Waals surface area (Å²) in [6.45, 7) is 1.84. The van der Waals surface area contributed by atoms with Crippen LogP contribution in [0.25, 0.3) is 0 Å². The highest BCUT2D eigenvalue weighted by Crippen LogP contribution is 1.97. The fourth-order valence-corrected chi connectivity index (χ4v) is 1.64. The summed E-state index contributed by atoms with van der Waals surface area (Å²) in [6.07, 6.45) is 6.10. The third kappa shape index (κ3) is 6.00. The maximum absolute atomic E-state index is 10.9. The first-order valence-electron chi connectivity index (χ1n) is 5.76. The molecule has 0 spiro atoms. The van der Waals surface area contributed by atoms with Gasteiger partial charge in [-0.25, -0.2) is 4.98 Å². The number of carboxylic acid groups (broad SMARTS) is 1. The van der Waals surface area contributed by atoms with Crippen molar-refractivity contribution in [2.24, 2.45) is 5.73 Å². The molecule has 1 amide bonds. The second-order valence-electron chi connectivity index (χ2n) is 4.04. The van der Waals surface area contributed by atoms with Gasteiger partial charge in [0, 0.05) is 32.0 Å². The molecular weight excluding hydrogens is 236 g/mol. The Hall–Kier alpha value is -1.89. The van der Waals surface area contributed by atoms with Crippen LogP contribution in [0.5, 0.6) is 0 Å². The van der Waals surface area contributed by atoms with Crippen molar-refractivity contribution in [3.05, 3.63) is 18.7 Å². The van der Waals surface area contributed by atoms with Crippen LogP contribution in [0.15, 0.2) is 18.7 Å². The lowest BCUT2D eigenvalue weighted by Gasteiger charge is -2.19. The van der Waals surface area contributed by atoms with E-state index in [0.29, 0.717) is 13.1 Å². The molecule has 100 valence electrons. The van der Waals surface area contributed by atoms with Gasteiger partial charge in [-0.2, -0.15) is 0 Å². The molecule has 7 heteroatoms. The maximum Gasteiger partial charge on any atom is 0.304 e. The average molecular weight is 254 g/mol. The number of rotatable bonds is 9. The van der Waals surface area contributed by atoms with Crippen molar-refractivity contribution < 1.29 is 14.7 Å². The zero-order valence-electron chi connectivity index (χ0n) is 10.2. The standard InChI is InChI=1S/C11H18N4O3/c12-10(16)8-14(6-2-11(17)18)4-1-5-15-7-3-13-9-15/h3,7,9H,1-2,4-6,8H2,(H2,12,16)(H,17,18). The van der Waals surface area contributed by atoms with Gasteiger partial charge in [-0.1, -0.05) is 0 Å². The largest absolute Gasteiger partial charge is 0.481 e. The minimum Gasteiger partial charge on any atom is -0.481 e. The van der Waals surface area contributed by atoms with E-state index in [-0.39, 0.29) is 13.0 Å². The first kappa shape index (κ1) is 14.2. The second-order valence-corrected chi connectivity index (χ2v) is 4.04. The van der Waals surface area contributed by atoms with Crippen LogP contribution in [0.4, 0.5) is 0 Å². The van der Waals surface area contributed by atoms with Gasteiger partial charge in [0.1, 0.15) is 0 Å². The summed E-state index contributed by atoms with van der Waals surface area (Å²) in [5.41, 5.74) is 5.12. The van der Waals surface area contributed by atoms with Gasteiger partial charge < -0.3 is 15.4 Å². The monoisotopic (exact) mass is 254 g/mol. The lowest BCUT2D eigenvalue weighted by atomic mass is 10.3. The number of aliphatic carboxylic acids is 1. The van der Waals surface area contributed by atoms with Crippen LogP contribution in [-0.4, -0.2) is 51.1 Å². The number of nitrogens with zero attached hydrogens (tertiary/aromatic N) is 3. The summed E-state index contributed by atoms with van der Waals surface area (Å²) in [5, 5.41) is 8.62. The number of primary amides is 1. The number of carboxylic acids is 1. The van der Waals surface area contributed by atoms with Crippen LogP contribution in [0, 0.1) is 0 Å². The van der Waals surface area contributed by atoms with Gasteiger partial charge in [0.05, 0.1) is 19.3 Å². The summed E-state index contributed by atoms with van der Waals surface area (Å²) >= 11 is 0. The number of hydrogen-bond donors (Lipinski definition) is 2. The third-order valence-electron chi connectivity index (χ3n) is 2.47. The summed E-state index contributed by atoms with van der Waals surface area (Å²) in [6, 6.07) is 0. The molecule has 0 aromatic carbocycles. The minimum atomic E-state index is -0.876. The van der Waals surface area contributed by atoms with Crippen molar-refractivity contribution >= 4 is 11.9 Å². The number of carbonyl (C=O) groups excluding carboxylic acids is 1. The Balaban J connectivity index is 2.30. The third-order valence-corrected chi connectivity index (χ3v) is 2.47. The predicted molar refractivity (Wildman–Crippen MR) is 64.7 cm³/mol. The van der Waals surface area contributed by atoms with E-state index in [1.165, 1.54) is 0 Å². The molecule has 0 aliphatic carbocycles. The van der Waals surface area contributed by atoms with E-state index in [1.807, 2.05) is 10.8 Å². The smallest absolute Gasteiger partial charge is 0.304 e. The number of amides is 1. The Morgan fingerprint density at radius 2 is 2.17 bits per heavy atom. The highest BCUT2D eigenvalue weighted by Gasteiger charge is 2.09. The topological polar surface area (TPSA) is 101 Å². The van der Waals surface area contributed by atoms with Gasteiger partial charge in [0.2, 0.25) is 5.91 Å². The first-order valence-corrected chi connectivity index (χ1v) is 5.76. The van der Waals surface area contributed by atoms with Crippen molar-refractivity contribution in [2.75, 3.05) is 19.6 Å². The fraction of sp³-hybridized carbons (Fsp3) is 0.545. The molecule has 1 rings (SSSR count). The zero-order chi connectivity index (χ0) is 13.4. The highest BCUT2D eigenvalue weighted by atomic mass is 16.4. The van der Waals surface area contributed by atoms with E-state index in [2.05, 4.69) is 4.98 Å². The quantitative estimate of drug-likeness (QED) is 0.620. The Bertz CT molecular complexity index is 378. The molecule has 0 atom stereocenters. The van der Waals surface area contributed by atoms with E-state index in [1.54, 1.807) is 17.4 Å². The van der Waals surface area contributed by atoms with Crippen molar-refractivity contribution in [3.8, 4) is 0 Å². The SMILES string of the molecule is NC(=O)CN(CCCn1ccnc1)CCC(=O)O. The molecule has 0 unspecified atom stereocenters. The number of nitrogens with two attached hydrogens (primary N) is 1. The van der Waals surface area contributed by atoms with Gasteiger partial charge in [-0.05, 0) is 6.42 Å². The second kappa shape index (κ2) is 7.44. The molecule has 0 aliphatic rings. The Kier molecular flexibility index (Phi) is 5.86. The minimum absolute atomic E-state index is 0.0123. The Morgan fingerprint density at radius 1 is 1.39 bits per heavy atom. The number of aryl methyl sites for hydroxylation is 1. The van der Waals surface area contributed by atoms with Crippen molar-refractivity contribution in [1.29, 1.82) is 0 Å². The van der Waals surface area contributed by atoms with Gasteiger partial charge in [-0.15, -0.1) is 0 Å². The molecule has 0 saturated carbocycles. The molecule has 0 radical (unpaired) electrons. The average Bonchev–Trinajstić information content (AvgIpc) is 2.77. The lowest BCUT2D eigenvalue weighted by molar-refractivity contribution is -0.137. The number of imidazole rings is 1. The van der Waals surface area contributed by atoms with Crippen LogP contribution in [-0.2, 0) is 16.1 Å². The number of aromatic nitrogens is 2. The molecule has 3 N–H and O–H groups in total. The molecule has 1 aromatic rings.